The number of H-pyrrole nitrogens is 1. The van der Waals surface area contributed by atoms with Crippen molar-refractivity contribution < 1.29 is 10.2 Å². The monoisotopic (exact) mass is 263 g/mol. The molecule has 0 aliphatic rings. The molecule has 0 saturated heterocycles. The molecule has 98 valence electrons. The number of fused-ring (bicyclic) bond motifs is 5. The van der Waals surface area contributed by atoms with Crippen molar-refractivity contribution in [2.45, 2.75) is 6.61 Å². The second-order valence-electron chi connectivity index (χ2n) is 5.02. The predicted octanol–water partition coefficient (Wildman–Crippen LogP) is 3.67. The first-order chi connectivity index (χ1) is 9.78. The summed E-state index contributed by atoms with van der Waals surface area (Å²) in [5.74, 6) is 0.131. The van der Waals surface area contributed by atoms with Crippen LogP contribution in [0.4, 0.5) is 0 Å². The van der Waals surface area contributed by atoms with Crippen LogP contribution in [-0.4, -0.2) is 15.2 Å². The number of benzene rings is 3. The zero-order valence-electron chi connectivity index (χ0n) is 10.7. The van der Waals surface area contributed by atoms with Gasteiger partial charge in [0.2, 0.25) is 0 Å². The number of aliphatic hydroxyl groups is 1. The van der Waals surface area contributed by atoms with Gasteiger partial charge in [-0.3, -0.25) is 0 Å². The SMILES string of the molecule is OCc1cc2ccc3c4ccccc4[nH]c3c2cc1O. The Morgan fingerprint density at radius 3 is 2.60 bits per heavy atom. The van der Waals surface area contributed by atoms with Gasteiger partial charge in [0.1, 0.15) is 5.75 Å². The van der Waals surface area contributed by atoms with E-state index in [2.05, 4.69) is 17.1 Å². The summed E-state index contributed by atoms with van der Waals surface area (Å²) in [6.07, 6.45) is 0. The average Bonchev–Trinajstić information content (AvgIpc) is 2.85. The van der Waals surface area contributed by atoms with Crippen LogP contribution in [0.25, 0.3) is 32.6 Å². The molecule has 0 saturated carbocycles. The molecule has 0 bridgehead atoms. The Hall–Kier alpha value is -2.52. The van der Waals surface area contributed by atoms with E-state index in [1.165, 1.54) is 5.39 Å². The van der Waals surface area contributed by atoms with E-state index in [0.717, 1.165) is 27.2 Å². The van der Waals surface area contributed by atoms with E-state index in [1.807, 2.05) is 30.3 Å². The Morgan fingerprint density at radius 2 is 1.75 bits per heavy atom. The first-order valence-electron chi connectivity index (χ1n) is 6.54. The quantitative estimate of drug-likeness (QED) is 0.490. The number of hydrogen-bond donors (Lipinski definition) is 3. The average molecular weight is 263 g/mol. The number of aliphatic hydroxyl groups excluding tert-OH is 1. The summed E-state index contributed by atoms with van der Waals surface area (Å²) < 4.78 is 0. The lowest BCUT2D eigenvalue weighted by Crippen LogP contribution is -1.85. The highest BCUT2D eigenvalue weighted by molar-refractivity contribution is 6.17. The van der Waals surface area contributed by atoms with Gasteiger partial charge in [-0.05, 0) is 23.6 Å². The van der Waals surface area contributed by atoms with Crippen LogP contribution in [0.1, 0.15) is 5.56 Å². The number of aromatic hydroxyl groups is 1. The molecule has 4 rings (SSSR count). The van der Waals surface area contributed by atoms with E-state index < -0.39 is 0 Å². The minimum absolute atomic E-state index is 0.131. The van der Waals surface area contributed by atoms with E-state index in [9.17, 15) is 10.2 Å². The zero-order valence-corrected chi connectivity index (χ0v) is 10.7. The Balaban J connectivity index is 2.20. The maximum atomic E-state index is 9.97. The molecule has 0 radical (unpaired) electrons. The number of hydrogen-bond acceptors (Lipinski definition) is 2. The molecule has 3 aromatic carbocycles. The summed E-state index contributed by atoms with van der Waals surface area (Å²) in [7, 11) is 0. The fraction of sp³-hybridized carbons (Fsp3) is 0.0588. The Kier molecular flexibility index (Phi) is 2.26. The number of rotatable bonds is 1. The van der Waals surface area contributed by atoms with Crippen LogP contribution >= 0.6 is 0 Å². The third-order valence-electron chi connectivity index (χ3n) is 3.87. The van der Waals surface area contributed by atoms with Gasteiger partial charge in [0.25, 0.3) is 0 Å². The molecule has 3 N–H and O–H groups in total. The van der Waals surface area contributed by atoms with Gasteiger partial charge < -0.3 is 15.2 Å². The van der Waals surface area contributed by atoms with Crippen molar-refractivity contribution in [1.82, 2.24) is 4.98 Å². The molecular formula is C17H13NO2. The summed E-state index contributed by atoms with van der Waals surface area (Å²) in [5.41, 5.74) is 2.65. The standard InChI is InChI=1S/C17H13NO2/c19-9-11-7-10-5-6-13-12-3-1-2-4-15(12)18-17(13)14(10)8-16(11)20/h1-8,18-20H,9H2. The summed E-state index contributed by atoms with van der Waals surface area (Å²) in [6.45, 7) is -0.160. The lowest BCUT2D eigenvalue weighted by molar-refractivity contribution is 0.276. The van der Waals surface area contributed by atoms with Crippen LogP contribution in [0, 0.1) is 0 Å². The van der Waals surface area contributed by atoms with Gasteiger partial charge in [-0.15, -0.1) is 0 Å². The van der Waals surface area contributed by atoms with E-state index in [-0.39, 0.29) is 12.4 Å². The maximum absolute atomic E-state index is 9.97. The number of phenols is 1. The smallest absolute Gasteiger partial charge is 0.121 e. The van der Waals surface area contributed by atoms with Gasteiger partial charge in [-0.25, -0.2) is 0 Å². The van der Waals surface area contributed by atoms with Crippen LogP contribution in [-0.2, 0) is 6.61 Å². The molecule has 0 aliphatic heterocycles. The highest BCUT2D eigenvalue weighted by Gasteiger charge is 2.09. The first kappa shape index (κ1) is 11.3. The van der Waals surface area contributed by atoms with Crippen molar-refractivity contribution in [1.29, 1.82) is 0 Å². The molecule has 1 aromatic heterocycles. The topological polar surface area (TPSA) is 56.2 Å². The highest BCUT2D eigenvalue weighted by atomic mass is 16.3. The van der Waals surface area contributed by atoms with E-state index in [0.29, 0.717) is 5.56 Å². The number of nitrogens with one attached hydrogen (secondary N) is 1. The molecule has 0 unspecified atom stereocenters. The van der Waals surface area contributed by atoms with Gasteiger partial charge in [0, 0.05) is 27.2 Å². The summed E-state index contributed by atoms with van der Waals surface area (Å²) in [4.78, 5) is 3.41. The molecule has 3 heteroatoms. The molecule has 1 heterocycles. The molecule has 3 nitrogen and oxygen atoms in total. The van der Waals surface area contributed by atoms with E-state index in [4.69, 9.17) is 0 Å². The van der Waals surface area contributed by atoms with Crippen molar-refractivity contribution in [2.75, 3.05) is 0 Å². The molecule has 0 atom stereocenters. The van der Waals surface area contributed by atoms with Crippen molar-refractivity contribution in [2.24, 2.45) is 0 Å². The Bertz CT molecular complexity index is 953. The number of aromatic amines is 1. The molecular weight excluding hydrogens is 250 g/mol. The molecule has 4 aromatic rings. The molecule has 0 spiro atoms. The third kappa shape index (κ3) is 1.44. The van der Waals surface area contributed by atoms with Crippen LogP contribution in [0.2, 0.25) is 0 Å². The van der Waals surface area contributed by atoms with Gasteiger partial charge in [-0.1, -0.05) is 30.3 Å². The minimum atomic E-state index is -0.160. The first-order valence-corrected chi connectivity index (χ1v) is 6.54. The molecule has 0 fully saturated rings. The normalized spacial score (nSPS) is 11.7. The van der Waals surface area contributed by atoms with Crippen LogP contribution in [0.15, 0.2) is 48.5 Å². The number of aromatic nitrogens is 1. The van der Waals surface area contributed by atoms with Crippen molar-refractivity contribution in [3.63, 3.8) is 0 Å². The van der Waals surface area contributed by atoms with Gasteiger partial charge in [-0.2, -0.15) is 0 Å². The van der Waals surface area contributed by atoms with Gasteiger partial charge >= 0.3 is 0 Å². The second-order valence-corrected chi connectivity index (χ2v) is 5.02. The lowest BCUT2D eigenvalue weighted by atomic mass is 10.0. The molecule has 0 amide bonds. The number of para-hydroxylation sites is 1. The summed E-state index contributed by atoms with van der Waals surface area (Å²) in [5, 5.41) is 23.5. The third-order valence-corrected chi connectivity index (χ3v) is 3.87. The van der Waals surface area contributed by atoms with Crippen LogP contribution < -0.4 is 0 Å². The summed E-state index contributed by atoms with van der Waals surface area (Å²) >= 11 is 0. The van der Waals surface area contributed by atoms with E-state index >= 15 is 0 Å². The van der Waals surface area contributed by atoms with Crippen LogP contribution in [0.5, 0.6) is 5.75 Å². The predicted molar refractivity (Wildman–Crippen MR) is 80.9 cm³/mol. The fourth-order valence-electron chi connectivity index (χ4n) is 2.86. The molecule has 20 heavy (non-hydrogen) atoms. The maximum Gasteiger partial charge on any atom is 0.121 e. The highest BCUT2D eigenvalue weighted by Crippen LogP contribution is 2.34. The fourth-order valence-corrected chi connectivity index (χ4v) is 2.86. The molecule has 0 aliphatic carbocycles. The minimum Gasteiger partial charge on any atom is -0.508 e. The Morgan fingerprint density at radius 1 is 0.900 bits per heavy atom. The lowest BCUT2D eigenvalue weighted by Gasteiger charge is -2.05. The Labute approximate surface area is 115 Å². The van der Waals surface area contributed by atoms with Gasteiger partial charge in [0.05, 0.1) is 12.1 Å². The van der Waals surface area contributed by atoms with Crippen molar-refractivity contribution in [3.8, 4) is 5.75 Å². The van der Waals surface area contributed by atoms with Crippen molar-refractivity contribution >= 4 is 32.6 Å². The second kappa shape index (κ2) is 3.99. The van der Waals surface area contributed by atoms with E-state index in [1.54, 1.807) is 6.07 Å². The van der Waals surface area contributed by atoms with Crippen molar-refractivity contribution in [3.05, 3.63) is 54.1 Å². The van der Waals surface area contributed by atoms with Gasteiger partial charge in [0.15, 0.2) is 0 Å². The zero-order chi connectivity index (χ0) is 13.7. The summed E-state index contributed by atoms with van der Waals surface area (Å²) in [6, 6.07) is 15.8. The largest absolute Gasteiger partial charge is 0.508 e. The van der Waals surface area contributed by atoms with Crippen LogP contribution in [0.3, 0.4) is 0 Å².